The zero-order valence-electron chi connectivity index (χ0n) is 11.5. The zero-order chi connectivity index (χ0) is 13.3. The number of hydrogen-bond acceptors (Lipinski definition) is 2. The molecular weight excluding hydrogens is 224 g/mol. The Morgan fingerprint density at radius 2 is 1.94 bits per heavy atom. The highest BCUT2D eigenvalue weighted by atomic mass is 16.1. The van der Waals surface area contributed by atoms with Gasteiger partial charge in [-0.05, 0) is 40.1 Å². The van der Waals surface area contributed by atoms with E-state index in [-0.39, 0.29) is 5.43 Å². The molecule has 0 unspecified atom stereocenters. The maximum Gasteiger partial charge on any atom is 0.192 e. The van der Waals surface area contributed by atoms with Crippen molar-refractivity contribution in [2.24, 2.45) is 0 Å². The first kappa shape index (κ1) is 12.8. The number of benzene rings is 1. The molecule has 0 saturated heterocycles. The maximum absolute atomic E-state index is 12.1. The molecule has 18 heavy (non-hydrogen) atoms. The molecule has 0 aliphatic rings. The topological polar surface area (TPSA) is 25.2 Å². The van der Waals surface area contributed by atoms with Crippen LogP contribution in [0.1, 0.15) is 11.1 Å². The SMILES string of the molecule is Cc1ccc2c(c1)c(=O)c(C)cn2CCN(C)C. The van der Waals surface area contributed by atoms with Gasteiger partial charge in [-0.2, -0.15) is 0 Å². The number of fused-ring (bicyclic) bond motifs is 1. The predicted molar refractivity (Wildman–Crippen MR) is 76.2 cm³/mol. The lowest BCUT2D eigenvalue weighted by Crippen LogP contribution is -2.20. The van der Waals surface area contributed by atoms with E-state index in [0.717, 1.165) is 35.1 Å². The third kappa shape index (κ3) is 2.46. The minimum atomic E-state index is 0.148. The first-order chi connectivity index (χ1) is 8.49. The molecule has 0 aliphatic heterocycles. The molecule has 0 amide bonds. The van der Waals surface area contributed by atoms with Gasteiger partial charge < -0.3 is 9.47 Å². The third-order valence-corrected chi connectivity index (χ3v) is 3.20. The molecule has 2 aromatic rings. The molecular formula is C15H20N2O. The van der Waals surface area contributed by atoms with E-state index in [4.69, 9.17) is 0 Å². The van der Waals surface area contributed by atoms with Crippen LogP contribution in [0.25, 0.3) is 10.9 Å². The van der Waals surface area contributed by atoms with Gasteiger partial charge in [-0.15, -0.1) is 0 Å². The minimum absolute atomic E-state index is 0.148. The number of aryl methyl sites for hydroxylation is 2. The molecule has 0 saturated carbocycles. The molecule has 1 aromatic carbocycles. The predicted octanol–water partition coefficient (Wildman–Crippen LogP) is 2.18. The Balaban J connectivity index is 2.60. The highest BCUT2D eigenvalue weighted by Crippen LogP contribution is 2.13. The lowest BCUT2D eigenvalue weighted by atomic mass is 10.1. The Hall–Kier alpha value is -1.61. The van der Waals surface area contributed by atoms with Gasteiger partial charge in [0, 0.05) is 30.2 Å². The summed E-state index contributed by atoms with van der Waals surface area (Å²) in [6, 6.07) is 6.08. The van der Waals surface area contributed by atoms with Gasteiger partial charge in [0.1, 0.15) is 0 Å². The van der Waals surface area contributed by atoms with Crippen molar-refractivity contribution in [1.82, 2.24) is 9.47 Å². The fraction of sp³-hybridized carbons (Fsp3) is 0.400. The van der Waals surface area contributed by atoms with Crippen molar-refractivity contribution in [2.75, 3.05) is 20.6 Å². The molecule has 2 rings (SSSR count). The van der Waals surface area contributed by atoms with Crippen molar-refractivity contribution >= 4 is 10.9 Å². The summed E-state index contributed by atoms with van der Waals surface area (Å²) in [5, 5.41) is 0.828. The third-order valence-electron chi connectivity index (χ3n) is 3.20. The molecule has 1 heterocycles. The molecule has 0 atom stereocenters. The molecule has 0 aliphatic carbocycles. The van der Waals surface area contributed by atoms with Crippen LogP contribution in [0.4, 0.5) is 0 Å². The van der Waals surface area contributed by atoms with Gasteiger partial charge >= 0.3 is 0 Å². The van der Waals surface area contributed by atoms with Crippen molar-refractivity contribution in [3.63, 3.8) is 0 Å². The summed E-state index contributed by atoms with van der Waals surface area (Å²) in [4.78, 5) is 14.3. The fourth-order valence-corrected chi connectivity index (χ4v) is 2.15. The van der Waals surface area contributed by atoms with Crippen LogP contribution in [0.15, 0.2) is 29.2 Å². The van der Waals surface area contributed by atoms with Gasteiger partial charge in [0.2, 0.25) is 0 Å². The van der Waals surface area contributed by atoms with Gasteiger partial charge in [-0.25, -0.2) is 0 Å². The number of hydrogen-bond donors (Lipinski definition) is 0. The summed E-state index contributed by atoms with van der Waals surface area (Å²) in [5.74, 6) is 0. The summed E-state index contributed by atoms with van der Waals surface area (Å²) in [7, 11) is 4.11. The van der Waals surface area contributed by atoms with Crippen LogP contribution in [0.2, 0.25) is 0 Å². The number of aromatic nitrogens is 1. The molecule has 96 valence electrons. The fourth-order valence-electron chi connectivity index (χ4n) is 2.15. The van der Waals surface area contributed by atoms with Crippen molar-refractivity contribution in [3.8, 4) is 0 Å². The highest BCUT2D eigenvalue weighted by Gasteiger charge is 2.06. The number of pyridine rings is 1. The molecule has 0 spiro atoms. The van der Waals surface area contributed by atoms with Gasteiger partial charge in [-0.3, -0.25) is 4.79 Å². The lowest BCUT2D eigenvalue weighted by Gasteiger charge is -2.15. The van der Waals surface area contributed by atoms with Gasteiger partial charge in [0.15, 0.2) is 5.43 Å². The first-order valence-corrected chi connectivity index (χ1v) is 6.24. The van der Waals surface area contributed by atoms with Crippen LogP contribution in [0, 0.1) is 13.8 Å². The Morgan fingerprint density at radius 1 is 1.22 bits per heavy atom. The molecule has 3 heteroatoms. The van der Waals surface area contributed by atoms with Gasteiger partial charge in [0.05, 0.1) is 5.52 Å². The lowest BCUT2D eigenvalue weighted by molar-refractivity contribution is 0.386. The van der Waals surface area contributed by atoms with Crippen LogP contribution < -0.4 is 5.43 Å². The van der Waals surface area contributed by atoms with Crippen molar-refractivity contribution in [3.05, 3.63) is 45.7 Å². The van der Waals surface area contributed by atoms with Crippen molar-refractivity contribution in [1.29, 1.82) is 0 Å². The summed E-state index contributed by atoms with van der Waals surface area (Å²) in [5.41, 5.74) is 3.11. The quantitative estimate of drug-likeness (QED) is 0.827. The van der Waals surface area contributed by atoms with E-state index < -0.39 is 0 Å². The van der Waals surface area contributed by atoms with E-state index in [1.54, 1.807) is 0 Å². The molecule has 3 nitrogen and oxygen atoms in total. The Morgan fingerprint density at radius 3 is 2.61 bits per heavy atom. The second-order valence-electron chi connectivity index (χ2n) is 5.16. The second kappa shape index (κ2) is 4.94. The minimum Gasteiger partial charge on any atom is -0.346 e. The maximum atomic E-state index is 12.1. The number of likely N-dealkylation sites (N-methyl/N-ethyl adjacent to an activating group) is 1. The van der Waals surface area contributed by atoms with E-state index in [0.29, 0.717) is 0 Å². The Bertz CT molecular complexity index is 626. The summed E-state index contributed by atoms with van der Waals surface area (Å²) in [6.07, 6.45) is 1.96. The summed E-state index contributed by atoms with van der Waals surface area (Å²) >= 11 is 0. The van der Waals surface area contributed by atoms with E-state index in [1.165, 1.54) is 0 Å². The van der Waals surface area contributed by atoms with Crippen LogP contribution >= 0.6 is 0 Å². The average molecular weight is 244 g/mol. The van der Waals surface area contributed by atoms with E-state index >= 15 is 0 Å². The second-order valence-corrected chi connectivity index (χ2v) is 5.16. The standard InChI is InChI=1S/C15H20N2O/c1-11-5-6-14-13(9-11)15(18)12(2)10-17(14)8-7-16(3)4/h5-6,9-10H,7-8H2,1-4H3. The van der Waals surface area contributed by atoms with Crippen LogP contribution in [0.3, 0.4) is 0 Å². The van der Waals surface area contributed by atoms with E-state index in [2.05, 4.69) is 29.6 Å². The molecule has 0 bridgehead atoms. The summed E-state index contributed by atoms with van der Waals surface area (Å²) in [6.45, 7) is 5.76. The number of rotatable bonds is 3. The van der Waals surface area contributed by atoms with Crippen LogP contribution in [0.5, 0.6) is 0 Å². The largest absolute Gasteiger partial charge is 0.346 e. The molecule has 0 N–H and O–H groups in total. The van der Waals surface area contributed by atoms with Crippen LogP contribution in [-0.2, 0) is 6.54 Å². The molecule has 1 aromatic heterocycles. The zero-order valence-corrected chi connectivity index (χ0v) is 11.5. The Labute approximate surface area is 108 Å². The Kier molecular flexibility index (Phi) is 3.53. The monoisotopic (exact) mass is 244 g/mol. The van der Waals surface area contributed by atoms with Crippen molar-refractivity contribution in [2.45, 2.75) is 20.4 Å². The smallest absolute Gasteiger partial charge is 0.192 e. The van der Waals surface area contributed by atoms with Gasteiger partial charge in [0.25, 0.3) is 0 Å². The van der Waals surface area contributed by atoms with Gasteiger partial charge in [-0.1, -0.05) is 11.6 Å². The molecule has 0 radical (unpaired) electrons. The van der Waals surface area contributed by atoms with Crippen LogP contribution in [-0.4, -0.2) is 30.1 Å². The summed E-state index contributed by atoms with van der Waals surface area (Å²) < 4.78 is 2.17. The molecule has 0 fully saturated rings. The number of nitrogens with zero attached hydrogens (tertiary/aromatic N) is 2. The first-order valence-electron chi connectivity index (χ1n) is 6.24. The van der Waals surface area contributed by atoms with Crippen molar-refractivity contribution < 1.29 is 0 Å². The highest BCUT2D eigenvalue weighted by molar-refractivity contribution is 5.80. The van der Waals surface area contributed by atoms with E-state index in [1.807, 2.05) is 32.2 Å². The normalized spacial score (nSPS) is 11.4. The average Bonchev–Trinajstić information content (AvgIpc) is 2.32. The van der Waals surface area contributed by atoms with E-state index in [9.17, 15) is 4.79 Å².